The highest BCUT2D eigenvalue weighted by Crippen LogP contribution is 2.29. The van der Waals surface area contributed by atoms with E-state index < -0.39 is 0 Å². The van der Waals surface area contributed by atoms with E-state index in [-0.39, 0.29) is 5.82 Å². The zero-order valence-corrected chi connectivity index (χ0v) is 13.2. The number of piperazine rings is 1. The van der Waals surface area contributed by atoms with E-state index in [2.05, 4.69) is 20.0 Å². The Morgan fingerprint density at radius 3 is 2.45 bits per heavy atom. The first-order chi connectivity index (χ1) is 10.8. The first-order valence-electron chi connectivity index (χ1n) is 7.84. The Kier molecular flexibility index (Phi) is 3.80. The fourth-order valence-corrected chi connectivity index (χ4v) is 3.86. The van der Waals surface area contributed by atoms with E-state index in [1.807, 2.05) is 12.1 Å². The maximum Gasteiger partial charge on any atom is 0.208 e. The Labute approximate surface area is 133 Å². The van der Waals surface area contributed by atoms with Crippen molar-refractivity contribution in [2.24, 2.45) is 0 Å². The third-order valence-electron chi connectivity index (χ3n) is 4.37. The van der Waals surface area contributed by atoms with Crippen molar-refractivity contribution in [2.75, 3.05) is 31.1 Å². The molecule has 1 saturated carbocycles. The number of rotatable bonds is 4. The summed E-state index contributed by atoms with van der Waals surface area (Å²) in [5.74, 6) is -0.199. The Balaban J connectivity index is 1.37. The lowest BCUT2D eigenvalue weighted by atomic mass is 10.2. The van der Waals surface area contributed by atoms with Gasteiger partial charge in [0.05, 0.1) is 0 Å². The number of hydrogen-bond acceptors (Lipinski definition) is 5. The average molecular weight is 318 g/mol. The van der Waals surface area contributed by atoms with Crippen molar-refractivity contribution < 1.29 is 4.39 Å². The lowest BCUT2D eigenvalue weighted by Gasteiger charge is -2.34. The average Bonchev–Trinajstić information content (AvgIpc) is 3.30. The second kappa shape index (κ2) is 5.93. The molecular weight excluding hydrogens is 299 g/mol. The molecule has 0 amide bonds. The maximum absolute atomic E-state index is 12.9. The molecule has 4 rings (SSSR count). The molecule has 22 heavy (non-hydrogen) atoms. The molecule has 1 aliphatic heterocycles. The summed E-state index contributed by atoms with van der Waals surface area (Å²) in [7, 11) is 0. The Morgan fingerprint density at radius 2 is 1.77 bits per heavy atom. The van der Waals surface area contributed by atoms with Gasteiger partial charge in [-0.1, -0.05) is 23.5 Å². The largest absolute Gasteiger partial charge is 0.344 e. The van der Waals surface area contributed by atoms with E-state index in [0.29, 0.717) is 0 Å². The van der Waals surface area contributed by atoms with E-state index in [9.17, 15) is 4.39 Å². The van der Waals surface area contributed by atoms with Gasteiger partial charge in [0.25, 0.3) is 0 Å². The normalized spacial score (nSPS) is 19.6. The van der Waals surface area contributed by atoms with Gasteiger partial charge in [0.2, 0.25) is 5.13 Å². The van der Waals surface area contributed by atoms with Crippen LogP contribution in [-0.4, -0.2) is 47.3 Å². The zero-order chi connectivity index (χ0) is 14.9. The van der Waals surface area contributed by atoms with Crippen LogP contribution in [0.3, 0.4) is 0 Å². The fraction of sp³-hybridized carbons (Fsp3) is 0.500. The van der Waals surface area contributed by atoms with Gasteiger partial charge in [0, 0.05) is 38.6 Å². The van der Waals surface area contributed by atoms with Crippen molar-refractivity contribution in [3.8, 4) is 0 Å². The molecule has 1 saturated heterocycles. The first-order valence-corrected chi connectivity index (χ1v) is 8.65. The molecule has 116 valence electrons. The van der Waals surface area contributed by atoms with Gasteiger partial charge in [-0.25, -0.2) is 4.39 Å². The predicted octanol–water partition coefficient (Wildman–Crippen LogP) is 2.55. The highest BCUT2D eigenvalue weighted by molar-refractivity contribution is 7.15. The second-order valence-corrected chi connectivity index (χ2v) is 7.08. The van der Waals surface area contributed by atoms with Crippen molar-refractivity contribution in [1.29, 1.82) is 0 Å². The fourth-order valence-electron chi connectivity index (χ4n) is 2.94. The predicted molar refractivity (Wildman–Crippen MR) is 85.9 cm³/mol. The standard InChI is InChI=1S/C16H19FN4S/c17-13-3-1-12(2-4-13)11-15-18-19-16(22-15)21-9-7-20(8-10-21)14-5-6-14/h1-4,14H,5-11H2. The van der Waals surface area contributed by atoms with Crippen LogP contribution in [0, 0.1) is 5.82 Å². The smallest absolute Gasteiger partial charge is 0.208 e. The van der Waals surface area contributed by atoms with Gasteiger partial charge in [-0.05, 0) is 30.5 Å². The number of nitrogens with zero attached hydrogens (tertiary/aromatic N) is 4. The molecule has 2 fully saturated rings. The summed E-state index contributed by atoms with van der Waals surface area (Å²) in [6, 6.07) is 7.46. The van der Waals surface area contributed by atoms with Crippen LogP contribution < -0.4 is 4.90 Å². The SMILES string of the molecule is Fc1ccc(Cc2nnc(N3CCN(C4CC4)CC3)s2)cc1. The van der Waals surface area contributed by atoms with Crippen LogP contribution in [0.5, 0.6) is 0 Å². The minimum atomic E-state index is -0.199. The first kappa shape index (κ1) is 14.1. The lowest BCUT2D eigenvalue weighted by Crippen LogP contribution is -2.47. The monoisotopic (exact) mass is 318 g/mol. The van der Waals surface area contributed by atoms with Gasteiger partial charge < -0.3 is 4.90 Å². The molecule has 0 unspecified atom stereocenters. The Hall–Kier alpha value is -1.53. The molecular formula is C16H19FN4S. The molecule has 2 heterocycles. The van der Waals surface area contributed by atoms with Crippen LogP contribution in [0.1, 0.15) is 23.4 Å². The number of anilines is 1. The topological polar surface area (TPSA) is 32.3 Å². The van der Waals surface area contributed by atoms with Gasteiger partial charge in [-0.2, -0.15) is 0 Å². The molecule has 0 radical (unpaired) electrons. The third-order valence-corrected chi connectivity index (χ3v) is 5.36. The summed E-state index contributed by atoms with van der Waals surface area (Å²) < 4.78 is 12.9. The quantitative estimate of drug-likeness (QED) is 0.867. The molecule has 0 bridgehead atoms. The highest BCUT2D eigenvalue weighted by Gasteiger charge is 2.31. The molecule has 1 aromatic carbocycles. The molecule has 0 spiro atoms. The van der Waals surface area contributed by atoms with Crippen molar-refractivity contribution >= 4 is 16.5 Å². The molecule has 0 N–H and O–H groups in total. The third kappa shape index (κ3) is 3.13. The van der Waals surface area contributed by atoms with E-state index in [0.717, 1.165) is 54.3 Å². The molecule has 1 aliphatic carbocycles. The van der Waals surface area contributed by atoms with E-state index in [4.69, 9.17) is 0 Å². The minimum Gasteiger partial charge on any atom is -0.344 e. The van der Waals surface area contributed by atoms with Crippen molar-refractivity contribution in [2.45, 2.75) is 25.3 Å². The molecule has 6 heteroatoms. The van der Waals surface area contributed by atoms with Gasteiger partial charge in [0.15, 0.2) is 0 Å². The summed E-state index contributed by atoms with van der Waals surface area (Å²) in [5.41, 5.74) is 1.07. The Bertz CT molecular complexity index is 630. The van der Waals surface area contributed by atoms with Gasteiger partial charge in [0.1, 0.15) is 10.8 Å². The van der Waals surface area contributed by atoms with Crippen LogP contribution in [-0.2, 0) is 6.42 Å². The Morgan fingerprint density at radius 1 is 1.05 bits per heavy atom. The molecule has 1 aromatic heterocycles. The summed E-state index contributed by atoms with van der Waals surface area (Å²) in [5, 5.41) is 10.6. The molecule has 2 aromatic rings. The van der Waals surface area contributed by atoms with Crippen molar-refractivity contribution in [3.05, 3.63) is 40.7 Å². The summed E-state index contributed by atoms with van der Waals surface area (Å²) >= 11 is 1.66. The second-order valence-electron chi connectivity index (χ2n) is 6.04. The van der Waals surface area contributed by atoms with Gasteiger partial charge >= 0.3 is 0 Å². The van der Waals surface area contributed by atoms with E-state index in [1.54, 1.807) is 11.3 Å². The summed E-state index contributed by atoms with van der Waals surface area (Å²) in [6.07, 6.45) is 3.47. The minimum absolute atomic E-state index is 0.199. The lowest BCUT2D eigenvalue weighted by molar-refractivity contribution is 0.248. The number of hydrogen-bond donors (Lipinski definition) is 0. The zero-order valence-electron chi connectivity index (χ0n) is 12.4. The molecule has 4 nitrogen and oxygen atoms in total. The molecule has 2 aliphatic rings. The number of aromatic nitrogens is 2. The highest BCUT2D eigenvalue weighted by atomic mass is 32.1. The van der Waals surface area contributed by atoms with Crippen molar-refractivity contribution in [1.82, 2.24) is 15.1 Å². The van der Waals surface area contributed by atoms with Crippen LogP contribution >= 0.6 is 11.3 Å². The summed E-state index contributed by atoms with van der Waals surface area (Å²) in [4.78, 5) is 4.93. The van der Waals surface area contributed by atoms with Crippen LogP contribution in [0.25, 0.3) is 0 Å². The number of halogens is 1. The van der Waals surface area contributed by atoms with Crippen LogP contribution in [0.2, 0.25) is 0 Å². The maximum atomic E-state index is 12.9. The number of benzene rings is 1. The van der Waals surface area contributed by atoms with Crippen molar-refractivity contribution in [3.63, 3.8) is 0 Å². The van der Waals surface area contributed by atoms with E-state index >= 15 is 0 Å². The van der Waals surface area contributed by atoms with Gasteiger partial charge in [-0.3, -0.25) is 4.90 Å². The van der Waals surface area contributed by atoms with Crippen LogP contribution in [0.15, 0.2) is 24.3 Å². The summed E-state index contributed by atoms with van der Waals surface area (Å²) in [6.45, 7) is 4.36. The molecule has 0 atom stereocenters. The van der Waals surface area contributed by atoms with Crippen LogP contribution in [0.4, 0.5) is 9.52 Å². The van der Waals surface area contributed by atoms with Gasteiger partial charge in [-0.15, -0.1) is 10.2 Å². The van der Waals surface area contributed by atoms with E-state index in [1.165, 1.54) is 25.0 Å².